The summed E-state index contributed by atoms with van der Waals surface area (Å²) in [7, 11) is 0.257. The molecule has 1 aromatic heterocycles. The number of benzene rings is 2. The summed E-state index contributed by atoms with van der Waals surface area (Å²) in [6, 6.07) is 9.66. The lowest BCUT2D eigenvalue weighted by molar-refractivity contribution is -0.642. The Morgan fingerprint density at radius 2 is 1.81 bits per heavy atom. The number of allylic oxidation sites excluding steroid dienone is 2. The molecule has 3 aromatic rings. The highest BCUT2D eigenvalue weighted by molar-refractivity contribution is 8.03. The van der Waals surface area contributed by atoms with Crippen LogP contribution in [-0.2, 0) is 21.6 Å². The van der Waals surface area contributed by atoms with Crippen molar-refractivity contribution in [3.63, 3.8) is 0 Å². The van der Waals surface area contributed by atoms with Gasteiger partial charge in [0.05, 0.1) is 17.8 Å². The van der Waals surface area contributed by atoms with Crippen LogP contribution in [0.25, 0.3) is 16.3 Å². The summed E-state index contributed by atoms with van der Waals surface area (Å²) in [6.07, 6.45) is 5.99. The molecule has 1 aliphatic heterocycles. The van der Waals surface area contributed by atoms with Crippen LogP contribution in [0.2, 0.25) is 0 Å². The van der Waals surface area contributed by atoms with Gasteiger partial charge in [0.2, 0.25) is 15.9 Å². The molecule has 164 valence electrons. The van der Waals surface area contributed by atoms with E-state index in [1.165, 1.54) is 12.1 Å². The molecule has 0 atom stereocenters. The highest BCUT2D eigenvalue weighted by Crippen LogP contribution is 2.45. The molecule has 11 heteroatoms. The van der Waals surface area contributed by atoms with Crippen LogP contribution in [0.4, 0.5) is 14.5 Å². The standard InChI is InChI=1S/C19H15F2N2S2.CH4O4S/c1-22-14-10-12(20)6-8-16(14)24-18(22)4-3-5-19-23(2)15-11-13(21)7-9-17(15)25-19;1-5-6(2,3)4/h3-11H,1-2H3;1H3,(H,2,3,4)/q+1;/p-1. The lowest BCUT2D eigenvalue weighted by Gasteiger charge is -2.12. The maximum atomic E-state index is 13.4. The van der Waals surface area contributed by atoms with Gasteiger partial charge in [0.15, 0.2) is 0 Å². The van der Waals surface area contributed by atoms with Gasteiger partial charge >= 0.3 is 0 Å². The number of fused-ring (bicyclic) bond motifs is 2. The van der Waals surface area contributed by atoms with Crippen molar-refractivity contribution in [1.82, 2.24) is 0 Å². The van der Waals surface area contributed by atoms with Crippen LogP contribution in [0.5, 0.6) is 0 Å². The molecule has 0 saturated heterocycles. The van der Waals surface area contributed by atoms with Gasteiger partial charge in [0.1, 0.15) is 23.4 Å². The molecule has 4 rings (SSSR count). The largest absolute Gasteiger partial charge is 0.726 e. The number of anilines is 1. The normalized spacial score (nSPS) is 14.9. The molecule has 0 bridgehead atoms. The third-order valence-electron chi connectivity index (χ3n) is 4.34. The van der Waals surface area contributed by atoms with Crippen LogP contribution in [0, 0.1) is 11.6 Å². The first-order chi connectivity index (χ1) is 14.6. The number of thiazole rings is 1. The first-order valence-corrected chi connectivity index (χ1v) is 11.7. The van der Waals surface area contributed by atoms with Crippen molar-refractivity contribution in [3.05, 3.63) is 70.2 Å². The Bertz CT molecular complexity index is 1290. The van der Waals surface area contributed by atoms with E-state index in [1.807, 2.05) is 41.8 Å². The Hall–Kier alpha value is -2.31. The molecule has 0 saturated carbocycles. The second-order valence-corrected chi connectivity index (χ2v) is 9.60. The average Bonchev–Trinajstić information content (AvgIpc) is 3.19. The monoisotopic (exact) mass is 484 g/mol. The first-order valence-electron chi connectivity index (χ1n) is 8.78. The van der Waals surface area contributed by atoms with Gasteiger partial charge < -0.3 is 9.45 Å². The molecule has 0 aliphatic carbocycles. The molecular weight excluding hydrogens is 466 g/mol. The molecule has 1 aliphatic rings. The third-order valence-corrected chi connectivity index (χ3v) is 7.11. The van der Waals surface area contributed by atoms with E-state index in [0.29, 0.717) is 0 Å². The Labute approximate surface area is 187 Å². The van der Waals surface area contributed by atoms with Gasteiger partial charge in [0.25, 0.3) is 5.01 Å². The fourth-order valence-corrected chi connectivity index (χ4v) is 4.87. The van der Waals surface area contributed by atoms with Gasteiger partial charge in [-0.05, 0) is 36.4 Å². The highest BCUT2D eigenvalue weighted by Gasteiger charge is 2.22. The van der Waals surface area contributed by atoms with Gasteiger partial charge in [-0.2, -0.15) is 4.57 Å². The number of aromatic nitrogens is 1. The average molecular weight is 485 g/mol. The SMILES string of the molecule is CN1/C(=C\C=C\c2sc3ccc(F)cc3[n+]2C)Sc2ccc(F)cc21.COS(=O)(=O)[O-]. The van der Waals surface area contributed by atoms with Crippen molar-refractivity contribution >= 4 is 55.5 Å². The minimum Gasteiger partial charge on any atom is -0.726 e. The lowest BCUT2D eigenvalue weighted by Crippen LogP contribution is -2.28. The topological polar surface area (TPSA) is 73.5 Å². The fourth-order valence-electron chi connectivity index (χ4n) is 2.78. The van der Waals surface area contributed by atoms with Crippen LogP contribution < -0.4 is 9.47 Å². The first kappa shape index (κ1) is 23.4. The Morgan fingerprint density at radius 3 is 2.48 bits per heavy atom. The van der Waals surface area contributed by atoms with Gasteiger partial charge in [-0.1, -0.05) is 29.2 Å². The molecule has 0 radical (unpaired) electrons. The van der Waals surface area contributed by atoms with Crippen LogP contribution >= 0.6 is 23.1 Å². The maximum absolute atomic E-state index is 13.4. The van der Waals surface area contributed by atoms with Crippen molar-refractivity contribution in [3.8, 4) is 0 Å². The van der Waals surface area contributed by atoms with Crippen molar-refractivity contribution in [2.45, 2.75) is 4.90 Å². The van der Waals surface area contributed by atoms with E-state index in [-0.39, 0.29) is 11.6 Å². The molecule has 2 aromatic carbocycles. The number of aryl methyl sites for hydroxylation is 1. The summed E-state index contributed by atoms with van der Waals surface area (Å²) in [4.78, 5) is 3.03. The Balaban J connectivity index is 0.000000401. The zero-order valence-corrected chi connectivity index (χ0v) is 19.2. The Kier molecular flexibility index (Phi) is 7.12. The van der Waals surface area contributed by atoms with Crippen LogP contribution in [0.1, 0.15) is 5.01 Å². The fraction of sp³-hybridized carbons (Fsp3) is 0.150. The quantitative estimate of drug-likeness (QED) is 0.315. The number of hydrogen-bond donors (Lipinski definition) is 0. The number of halogens is 2. The van der Waals surface area contributed by atoms with Gasteiger partial charge in [0, 0.05) is 24.1 Å². The van der Waals surface area contributed by atoms with Crippen LogP contribution in [0.3, 0.4) is 0 Å². The van der Waals surface area contributed by atoms with E-state index in [2.05, 4.69) is 4.18 Å². The molecule has 0 fully saturated rings. The molecule has 0 spiro atoms. The van der Waals surface area contributed by atoms with Gasteiger partial charge in [-0.15, -0.1) is 0 Å². The molecule has 6 nitrogen and oxygen atoms in total. The summed E-state index contributed by atoms with van der Waals surface area (Å²) in [5.74, 6) is -0.458. The molecule has 0 unspecified atom stereocenters. The summed E-state index contributed by atoms with van der Waals surface area (Å²) >= 11 is 3.23. The van der Waals surface area contributed by atoms with E-state index in [1.54, 1.807) is 47.4 Å². The lowest BCUT2D eigenvalue weighted by atomic mass is 10.3. The molecule has 0 amide bonds. The second-order valence-electron chi connectivity index (χ2n) is 6.32. The minimum absolute atomic E-state index is 0.229. The van der Waals surface area contributed by atoms with Crippen LogP contribution in [-0.4, -0.2) is 27.1 Å². The van der Waals surface area contributed by atoms with Gasteiger partial charge in [-0.25, -0.2) is 17.2 Å². The predicted octanol–water partition coefficient (Wildman–Crippen LogP) is 4.19. The third kappa shape index (κ3) is 5.69. The summed E-state index contributed by atoms with van der Waals surface area (Å²) in [5, 5.41) is 2.07. The van der Waals surface area contributed by atoms with E-state index < -0.39 is 10.4 Å². The van der Waals surface area contributed by atoms with Crippen molar-refractivity contribution < 1.29 is 30.5 Å². The smallest absolute Gasteiger partial charge is 0.262 e. The summed E-state index contributed by atoms with van der Waals surface area (Å²) in [6.45, 7) is 0. The van der Waals surface area contributed by atoms with E-state index in [4.69, 9.17) is 0 Å². The second kappa shape index (κ2) is 9.45. The minimum atomic E-state index is -4.41. The predicted molar refractivity (Wildman–Crippen MR) is 117 cm³/mol. The number of thioether (sulfide) groups is 1. The zero-order chi connectivity index (χ0) is 22.8. The van der Waals surface area contributed by atoms with E-state index in [9.17, 15) is 21.8 Å². The molecule has 2 heterocycles. The Morgan fingerprint density at radius 1 is 1.16 bits per heavy atom. The zero-order valence-electron chi connectivity index (χ0n) is 16.7. The van der Waals surface area contributed by atoms with Crippen molar-refractivity contribution in [2.75, 3.05) is 19.1 Å². The van der Waals surface area contributed by atoms with Crippen LogP contribution in [0.15, 0.2) is 58.5 Å². The summed E-state index contributed by atoms with van der Waals surface area (Å²) < 4.78 is 60.9. The number of nitrogens with zero attached hydrogens (tertiary/aromatic N) is 2. The van der Waals surface area contributed by atoms with Crippen molar-refractivity contribution in [1.29, 1.82) is 0 Å². The van der Waals surface area contributed by atoms with Gasteiger partial charge in [-0.3, -0.25) is 4.18 Å². The molecule has 0 N–H and O–H groups in total. The number of rotatable bonds is 3. The summed E-state index contributed by atoms with van der Waals surface area (Å²) in [5.41, 5.74) is 1.76. The highest BCUT2D eigenvalue weighted by atomic mass is 32.3. The van der Waals surface area contributed by atoms with Crippen molar-refractivity contribution in [2.24, 2.45) is 7.05 Å². The van der Waals surface area contributed by atoms with E-state index >= 15 is 0 Å². The number of hydrogen-bond acceptors (Lipinski definition) is 7. The molecule has 31 heavy (non-hydrogen) atoms. The maximum Gasteiger partial charge on any atom is 0.262 e. The molecular formula is C20H18F2N2O4S3. The van der Waals surface area contributed by atoms with E-state index in [0.717, 1.165) is 37.9 Å².